The first kappa shape index (κ1) is 9.20. The number of fused-ring (bicyclic) bond motifs is 2. The minimum absolute atomic E-state index is 0.127. The minimum atomic E-state index is -0.131. The van der Waals surface area contributed by atoms with E-state index in [9.17, 15) is 4.79 Å². The lowest BCUT2D eigenvalue weighted by atomic mass is 9.70. The van der Waals surface area contributed by atoms with Crippen molar-refractivity contribution in [1.29, 1.82) is 0 Å². The second kappa shape index (κ2) is 2.35. The maximum Gasteiger partial charge on any atom is 0.168 e. The molecule has 0 aromatic rings. The zero-order valence-corrected chi connectivity index (χ0v) is 8.89. The van der Waals surface area contributed by atoms with Crippen molar-refractivity contribution in [2.24, 2.45) is 16.7 Å². The van der Waals surface area contributed by atoms with Gasteiger partial charge in [-0.15, -0.1) is 0 Å². The summed E-state index contributed by atoms with van der Waals surface area (Å²) in [6, 6.07) is 0. The predicted molar refractivity (Wildman–Crippen MR) is 50.4 cm³/mol. The molecule has 0 heterocycles. The quantitative estimate of drug-likeness (QED) is 0.620. The van der Waals surface area contributed by atoms with Crippen molar-refractivity contribution in [3.63, 3.8) is 0 Å². The third-order valence-corrected chi connectivity index (χ3v) is 4.73. The van der Waals surface area contributed by atoms with Gasteiger partial charge in [0.05, 0.1) is 0 Å². The molecule has 2 heteroatoms. The first-order valence-electron chi connectivity index (χ1n) is 5.02. The van der Waals surface area contributed by atoms with E-state index in [2.05, 4.69) is 20.8 Å². The third-order valence-electron chi connectivity index (χ3n) is 4.73. The van der Waals surface area contributed by atoms with Crippen LogP contribution in [0.3, 0.4) is 0 Å². The summed E-state index contributed by atoms with van der Waals surface area (Å²) >= 11 is 0. The monoisotopic (exact) mass is 182 g/mol. The van der Waals surface area contributed by atoms with Crippen molar-refractivity contribution in [2.45, 2.75) is 39.7 Å². The van der Waals surface area contributed by atoms with Crippen molar-refractivity contribution < 1.29 is 9.53 Å². The number of methoxy groups -OCH3 is 1. The predicted octanol–water partition coefficient (Wildman–Crippen LogP) is 2.03. The largest absolute Gasteiger partial charge is 0.373 e. The molecule has 2 nitrogen and oxygen atoms in total. The Morgan fingerprint density at radius 2 is 2.00 bits per heavy atom. The lowest BCUT2D eigenvalue weighted by Gasteiger charge is -2.31. The summed E-state index contributed by atoms with van der Waals surface area (Å²) in [4.78, 5) is 12.0. The molecular formula is C11H18O2. The first-order chi connectivity index (χ1) is 5.95. The molecular weight excluding hydrogens is 164 g/mol. The Kier molecular flexibility index (Phi) is 1.66. The summed E-state index contributed by atoms with van der Waals surface area (Å²) in [5.74, 6) is 0.770. The Hall–Kier alpha value is -0.370. The highest BCUT2D eigenvalue weighted by atomic mass is 16.5. The molecule has 13 heavy (non-hydrogen) atoms. The van der Waals surface area contributed by atoms with E-state index in [1.807, 2.05) is 0 Å². The van der Waals surface area contributed by atoms with E-state index in [1.54, 1.807) is 7.11 Å². The summed E-state index contributed by atoms with van der Waals surface area (Å²) in [5, 5.41) is 0. The first-order valence-corrected chi connectivity index (χ1v) is 5.02. The average molecular weight is 182 g/mol. The number of ketones is 1. The van der Waals surface area contributed by atoms with Crippen LogP contribution in [-0.2, 0) is 9.53 Å². The van der Waals surface area contributed by atoms with Gasteiger partial charge in [0, 0.05) is 12.5 Å². The Morgan fingerprint density at radius 3 is 2.31 bits per heavy atom. The number of carbonyl (C=O) groups is 1. The van der Waals surface area contributed by atoms with Crippen LogP contribution < -0.4 is 0 Å². The van der Waals surface area contributed by atoms with E-state index in [4.69, 9.17) is 4.74 Å². The Labute approximate surface area is 79.7 Å². The van der Waals surface area contributed by atoms with Gasteiger partial charge in [-0.25, -0.2) is 0 Å². The minimum Gasteiger partial charge on any atom is -0.373 e. The highest BCUT2D eigenvalue weighted by Gasteiger charge is 2.66. The third kappa shape index (κ3) is 0.804. The summed E-state index contributed by atoms with van der Waals surface area (Å²) in [5.41, 5.74) is 0.00308. The van der Waals surface area contributed by atoms with Gasteiger partial charge >= 0.3 is 0 Å². The molecule has 3 atom stereocenters. The number of Topliss-reactive ketones (excluding diaryl/α,β-unsaturated/α-hetero) is 1. The molecule has 2 unspecified atom stereocenters. The van der Waals surface area contributed by atoms with E-state index in [1.165, 1.54) is 0 Å². The lowest BCUT2D eigenvalue weighted by Crippen LogP contribution is -2.35. The molecule has 2 aliphatic rings. The van der Waals surface area contributed by atoms with Gasteiger partial charge < -0.3 is 4.74 Å². The number of carbonyl (C=O) groups excluding carboxylic acids is 1. The van der Waals surface area contributed by atoms with E-state index >= 15 is 0 Å². The van der Waals surface area contributed by atoms with Gasteiger partial charge in [-0.3, -0.25) is 4.79 Å². The van der Waals surface area contributed by atoms with Crippen LogP contribution in [0.4, 0.5) is 0 Å². The zero-order valence-electron chi connectivity index (χ0n) is 8.89. The van der Waals surface area contributed by atoms with Gasteiger partial charge in [-0.05, 0) is 24.2 Å². The van der Waals surface area contributed by atoms with Crippen LogP contribution in [0.5, 0.6) is 0 Å². The number of ether oxygens (including phenoxy) is 1. The fraction of sp³-hybridized carbons (Fsp3) is 0.909. The topological polar surface area (TPSA) is 26.3 Å². The molecule has 0 N–H and O–H groups in total. The molecule has 2 rings (SSSR count). The second-order valence-corrected chi connectivity index (χ2v) is 5.22. The van der Waals surface area contributed by atoms with E-state index in [0.717, 1.165) is 12.8 Å². The smallest absolute Gasteiger partial charge is 0.168 e. The van der Waals surface area contributed by atoms with Gasteiger partial charge in [0.15, 0.2) is 5.78 Å². The maximum atomic E-state index is 12.0. The van der Waals surface area contributed by atoms with E-state index in [0.29, 0.717) is 11.7 Å². The van der Waals surface area contributed by atoms with Crippen LogP contribution >= 0.6 is 0 Å². The maximum absolute atomic E-state index is 12.0. The molecule has 0 saturated heterocycles. The van der Waals surface area contributed by atoms with Gasteiger partial charge in [-0.2, -0.15) is 0 Å². The normalized spacial score (nSPS) is 47.2. The Bertz CT molecular complexity index is 257. The van der Waals surface area contributed by atoms with Crippen molar-refractivity contribution >= 4 is 5.78 Å². The molecule has 0 aliphatic heterocycles. The molecule has 0 aromatic carbocycles. The zero-order chi connectivity index (χ0) is 9.85. The molecule has 2 aliphatic carbocycles. The molecule has 2 bridgehead atoms. The van der Waals surface area contributed by atoms with Crippen molar-refractivity contribution in [3.05, 3.63) is 0 Å². The van der Waals surface area contributed by atoms with Crippen LogP contribution in [0.2, 0.25) is 0 Å². The fourth-order valence-electron chi connectivity index (χ4n) is 3.27. The van der Waals surface area contributed by atoms with Crippen LogP contribution in [0.15, 0.2) is 0 Å². The van der Waals surface area contributed by atoms with Gasteiger partial charge in [0.2, 0.25) is 0 Å². The standard InChI is InChI=1S/C11H18O2/c1-10(2)7-5-6-11(10,3)9(12)8(7)13-4/h7-8H,5-6H2,1-4H3/t7?,8-,11?/m0/s1. The number of hydrogen-bond donors (Lipinski definition) is 0. The van der Waals surface area contributed by atoms with Crippen molar-refractivity contribution in [3.8, 4) is 0 Å². The van der Waals surface area contributed by atoms with Crippen molar-refractivity contribution in [1.82, 2.24) is 0 Å². The van der Waals surface area contributed by atoms with Crippen molar-refractivity contribution in [2.75, 3.05) is 7.11 Å². The van der Waals surface area contributed by atoms with Crippen LogP contribution in [0.25, 0.3) is 0 Å². The molecule has 0 aromatic heterocycles. The molecule has 74 valence electrons. The van der Waals surface area contributed by atoms with E-state index < -0.39 is 0 Å². The number of hydrogen-bond acceptors (Lipinski definition) is 2. The summed E-state index contributed by atoms with van der Waals surface area (Å²) in [6.45, 7) is 6.53. The van der Waals surface area contributed by atoms with Gasteiger partial charge in [0.25, 0.3) is 0 Å². The average Bonchev–Trinajstić information content (AvgIpc) is 2.36. The Morgan fingerprint density at radius 1 is 1.38 bits per heavy atom. The lowest BCUT2D eigenvalue weighted by molar-refractivity contribution is -0.137. The van der Waals surface area contributed by atoms with E-state index in [-0.39, 0.29) is 16.9 Å². The highest BCUT2D eigenvalue weighted by Crippen LogP contribution is 2.64. The molecule has 2 fully saturated rings. The van der Waals surface area contributed by atoms with Crippen LogP contribution in [0.1, 0.15) is 33.6 Å². The molecule has 0 radical (unpaired) electrons. The Balaban J connectivity index is 2.44. The summed E-state index contributed by atoms with van der Waals surface area (Å²) in [7, 11) is 1.66. The fourth-order valence-corrected chi connectivity index (χ4v) is 3.27. The number of rotatable bonds is 1. The highest BCUT2D eigenvalue weighted by molar-refractivity contribution is 5.93. The van der Waals surface area contributed by atoms with Crippen LogP contribution in [-0.4, -0.2) is 19.0 Å². The summed E-state index contributed by atoms with van der Waals surface area (Å²) < 4.78 is 5.31. The molecule has 2 saturated carbocycles. The molecule has 0 spiro atoms. The van der Waals surface area contributed by atoms with Gasteiger partial charge in [-0.1, -0.05) is 20.8 Å². The van der Waals surface area contributed by atoms with Crippen LogP contribution in [0, 0.1) is 16.7 Å². The SMILES string of the molecule is CO[C@@H]1C(=O)C2(C)CCC1C2(C)C. The summed E-state index contributed by atoms with van der Waals surface area (Å²) in [6.07, 6.45) is 2.06. The second-order valence-electron chi connectivity index (χ2n) is 5.22. The van der Waals surface area contributed by atoms with Gasteiger partial charge in [0.1, 0.15) is 6.10 Å². The molecule has 0 amide bonds.